The first-order chi connectivity index (χ1) is 27.1. The van der Waals surface area contributed by atoms with Gasteiger partial charge in [0.2, 0.25) is 0 Å². The fourth-order valence-corrected chi connectivity index (χ4v) is 12.9. The van der Waals surface area contributed by atoms with Crippen LogP contribution >= 0.6 is 0 Å². The van der Waals surface area contributed by atoms with Crippen molar-refractivity contribution >= 4 is 86.2 Å². The molecule has 0 amide bonds. The molecule has 0 saturated carbocycles. The molecule has 3 aliphatic carbocycles. The molecule has 4 unspecified atom stereocenters. The molecular formula is C48H46NO6+. The summed E-state index contributed by atoms with van der Waals surface area (Å²) in [6, 6.07) is 15.6. The van der Waals surface area contributed by atoms with E-state index in [0.29, 0.717) is 77.9 Å². The highest BCUT2D eigenvalue weighted by atomic mass is 16.5. The highest BCUT2D eigenvalue weighted by molar-refractivity contribution is 6.58. The van der Waals surface area contributed by atoms with E-state index in [1.165, 1.54) is 38.2 Å². The van der Waals surface area contributed by atoms with Crippen LogP contribution in [-0.4, -0.2) is 111 Å². The van der Waals surface area contributed by atoms with Gasteiger partial charge in [-0.3, -0.25) is 0 Å². The molecule has 1 heterocycles. The van der Waals surface area contributed by atoms with E-state index in [1.807, 2.05) is 0 Å². The number of hydrogen-bond donors (Lipinski definition) is 0. The van der Waals surface area contributed by atoms with E-state index in [-0.39, 0.29) is 6.04 Å². The molecule has 0 spiro atoms. The molecule has 7 nitrogen and oxygen atoms in total. The number of nitrogens with zero attached hydrogens (tertiary/aromatic N) is 1. The number of quaternary nitrogens is 1. The third-order valence-electron chi connectivity index (χ3n) is 14.9. The molecule has 1 fully saturated rings. The van der Waals surface area contributed by atoms with Crippen molar-refractivity contribution in [2.75, 3.05) is 100 Å². The van der Waals surface area contributed by atoms with Crippen molar-refractivity contribution in [3.63, 3.8) is 0 Å². The van der Waals surface area contributed by atoms with Gasteiger partial charge < -0.3 is 32.9 Å². The number of likely N-dealkylation sites (tertiary alicyclic amines) is 1. The van der Waals surface area contributed by atoms with E-state index < -0.39 is 0 Å². The minimum absolute atomic E-state index is 0.290. The monoisotopic (exact) mass is 732 g/mol. The molecule has 0 aromatic heterocycles. The Balaban J connectivity index is 0.990. The molecule has 4 atom stereocenters. The zero-order valence-corrected chi connectivity index (χ0v) is 32.0. The third kappa shape index (κ3) is 3.91. The Bertz CT molecular complexity index is 2940. The van der Waals surface area contributed by atoms with Crippen molar-refractivity contribution in [1.29, 1.82) is 0 Å². The molecule has 0 bridgehead atoms. The first-order valence-electron chi connectivity index (χ1n) is 20.5. The fraction of sp³-hybridized carbons (Fsp3) is 0.417. The quantitative estimate of drug-likeness (QED) is 0.0534. The van der Waals surface area contributed by atoms with Crippen molar-refractivity contribution in [2.24, 2.45) is 0 Å². The van der Waals surface area contributed by atoms with Gasteiger partial charge in [-0.2, -0.15) is 0 Å². The number of benzene rings is 7. The van der Waals surface area contributed by atoms with Crippen LogP contribution in [0.15, 0.2) is 36.4 Å². The maximum atomic E-state index is 6.64. The summed E-state index contributed by atoms with van der Waals surface area (Å²) in [5.74, 6) is 0.769. The van der Waals surface area contributed by atoms with Gasteiger partial charge in [0, 0.05) is 20.1 Å². The summed E-state index contributed by atoms with van der Waals surface area (Å²) in [4.78, 5) is 0. The number of likely N-dealkylation sites (N-methyl/N-ethyl adjacent to an activating group) is 1. The lowest BCUT2D eigenvalue weighted by atomic mass is 9.72. The molecule has 9 aromatic carbocycles. The molecule has 1 aliphatic heterocycles. The van der Waals surface area contributed by atoms with Gasteiger partial charge in [0.05, 0.1) is 85.6 Å². The predicted octanol–water partition coefficient (Wildman–Crippen LogP) is 8.28. The van der Waals surface area contributed by atoms with E-state index >= 15 is 0 Å². The van der Waals surface area contributed by atoms with Crippen LogP contribution in [0.25, 0.3) is 86.2 Å². The van der Waals surface area contributed by atoms with Crippen LogP contribution < -0.4 is 0 Å². The van der Waals surface area contributed by atoms with Crippen LogP contribution in [0.2, 0.25) is 0 Å². The summed E-state index contributed by atoms with van der Waals surface area (Å²) in [6.07, 6.45) is 2.05. The van der Waals surface area contributed by atoms with Crippen molar-refractivity contribution in [2.45, 2.75) is 30.7 Å². The Morgan fingerprint density at radius 3 is 1.53 bits per heavy atom. The van der Waals surface area contributed by atoms with E-state index in [2.05, 4.69) is 43.4 Å². The van der Waals surface area contributed by atoms with Crippen molar-refractivity contribution in [3.05, 3.63) is 69.8 Å². The largest absolute Gasteiger partial charge is 0.382 e. The van der Waals surface area contributed by atoms with Gasteiger partial charge in [-0.25, -0.2) is 0 Å². The average Bonchev–Trinajstić information content (AvgIpc) is 3.98. The van der Waals surface area contributed by atoms with Crippen LogP contribution in [0.5, 0.6) is 0 Å². The lowest BCUT2D eigenvalue weighted by molar-refractivity contribution is -0.923. The normalized spacial score (nSPS) is 22.6. The fourth-order valence-electron chi connectivity index (χ4n) is 12.9. The van der Waals surface area contributed by atoms with Crippen LogP contribution in [0.4, 0.5) is 0 Å². The topological polar surface area (TPSA) is 55.4 Å². The molecule has 4 aliphatic rings. The predicted molar refractivity (Wildman–Crippen MR) is 220 cm³/mol. The van der Waals surface area contributed by atoms with Crippen molar-refractivity contribution < 1.29 is 32.9 Å². The second-order valence-electron chi connectivity index (χ2n) is 17.4. The number of rotatable bonds is 17. The summed E-state index contributed by atoms with van der Waals surface area (Å²) < 4.78 is 35.7. The first-order valence-corrected chi connectivity index (χ1v) is 20.5. The zero-order chi connectivity index (χ0) is 36.3. The van der Waals surface area contributed by atoms with E-state index in [0.717, 1.165) is 30.4 Å². The van der Waals surface area contributed by atoms with Gasteiger partial charge in [-0.05, 0) is 132 Å². The van der Waals surface area contributed by atoms with Gasteiger partial charge in [0.25, 0.3) is 0 Å². The molecule has 13 rings (SSSR count). The van der Waals surface area contributed by atoms with Crippen LogP contribution in [-0.2, 0) is 41.3 Å². The van der Waals surface area contributed by atoms with Gasteiger partial charge in [-0.15, -0.1) is 0 Å². The summed E-state index contributed by atoms with van der Waals surface area (Å²) in [5.41, 5.74) is 9.31. The zero-order valence-electron chi connectivity index (χ0n) is 32.0. The van der Waals surface area contributed by atoms with Gasteiger partial charge in [-0.1, -0.05) is 36.4 Å². The smallest absolute Gasteiger partial charge is 0.120 e. The minimum Gasteiger partial charge on any atom is -0.382 e. The van der Waals surface area contributed by atoms with Crippen molar-refractivity contribution in [3.8, 4) is 0 Å². The molecule has 9 aromatic rings. The maximum absolute atomic E-state index is 6.64. The maximum Gasteiger partial charge on any atom is 0.120 e. The summed E-state index contributed by atoms with van der Waals surface area (Å²) in [6.45, 7) is 8.15. The standard InChI is InChI=1S/C48H46NO6/c1-49(6-7-52-12-13-53-10-8-50-2)22-32-30-20-28-18-26-16-24-4-5-25-17-27-19-29-21-31(40(32)33(49)23-55-15-14-54-11-9-51-3)42-41(30)45-38(28)36(26)43-34(24)35(25)44-37(27)39(29)46(42)48(45)47(43)44/h4-5,16-17,20-21,32-33,40H,6-15,18-19,22-23H2,1-3H3/q+1. The lowest BCUT2D eigenvalue weighted by Crippen LogP contribution is -2.53. The number of ether oxygens (including phenoxy) is 6. The first kappa shape index (κ1) is 32.2. The lowest BCUT2D eigenvalue weighted by Gasteiger charge is -2.38. The van der Waals surface area contributed by atoms with Crippen LogP contribution in [0, 0.1) is 0 Å². The van der Waals surface area contributed by atoms with Crippen molar-refractivity contribution in [1.82, 2.24) is 0 Å². The second kappa shape index (κ2) is 11.4. The van der Waals surface area contributed by atoms with Gasteiger partial charge >= 0.3 is 0 Å². The summed E-state index contributed by atoms with van der Waals surface area (Å²) in [5, 5.41) is 24.7. The number of hydrogen-bond acceptors (Lipinski definition) is 6. The van der Waals surface area contributed by atoms with Gasteiger partial charge in [0.1, 0.15) is 12.6 Å². The highest BCUT2D eigenvalue weighted by Gasteiger charge is 2.56. The number of methoxy groups -OCH3 is 2. The average molecular weight is 733 g/mol. The molecule has 1 saturated heterocycles. The SMILES string of the molecule is COCCOCCOCC[N+]1(C)CC2c3cc4c5c6c(cc7ccc8cc9c%10c%11c(cc(c%12c3c5c(c%12%11)c3c6c7c8c%103)C2C1COCCOCCOC)C9)C4. The van der Waals surface area contributed by atoms with Crippen LogP contribution in [0.1, 0.15) is 45.2 Å². The summed E-state index contributed by atoms with van der Waals surface area (Å²) >= 11 is 0. The molecule has 7 heteroatoms. The van der Waals surface area contributed by atoms with Gasteiger partial charge in [0.15, 0.2) is 0 Å². The van der Waals surface area contributed by atoms with Crippen LogP contribution in [0.3, 0.4) is 0 Å². The van der Waals surface area contributed by atoms with E-state index in [1.54, 1.807) is 95.5 Å². The summed E-state index contributed by atoms with van der Waals surface area (Å²) in [7, 11) is 5.90. The molecular weight excluding hydrogens is 687 g/mol. The Morgan fingerprint density at radius 1 is 0.491 bits per heavy atom. The molecule has 55 heavy (non-hydrogen) atoms. The Morgan fingerprint density at radius 2 is 0.945 bits per heavy atom. The van der Waals surface area contributed by atoms with E-state index in [9.17, 15) is 0 Å². The second-order valence-corrected chi connectivity index (χ2v) is 17.4. The number of fused-ring (bicyclic) bond motifs is 3. The highest BCUT2D eigenvalue weighted by Crippen LogP contribution is 2.66. The molecule has 0 radical (unpaired) electrons. The molecule has 0 N–H and O–H groups in total. The Kier molecular flexibility index (Phi) is 6.65. The molecule has 278 valence electrons. The Hall–Kier alpha value is -3.92. The third-order valence-corrected chi connectivity index (χ3v) is 14.9. The van der Waals surface area contributed by atoms with E-state index in [4.69, 9.17) is 28.4 Å². The minimum atomic E-state index is 0.290. The Labute approximate surface area is 319 Å².